The predicted molar refractivity (Wildman–Crippen MR) is 100 cm³/mol. The highest BCUT2D eigenvalue weighted by Gasteiger charge is 2.40. The lowest BCUT2D eigenvalue weighted by atomic mass is 9.78. The molecule has 0 aliphatic carbocycles. The quantitative estimate of drug-likeness (QED) is 0.807. The van der Waals surface area contributed by atoms with E-state index in [0.717, 1.165) is 31.5 Å². The Labute approximate surface area is 148 Å². The third-order valence-corrected chi connectivity index (χ3v) is 5.85. The lowest BCUT2D eigenvalue weighted by Gasteiger charge is -2.37. The van der Waals surface area contributed by atoms with Gasteiger partial charge in [0.15, 0.2) is 0 Å². The summed E-state index contributed by atoms with van der Waals surface area (Å²) in [6, 6.07) is 0.0932. The zero-order valence-electron chi connectivity index (χ0n) is 16.4. The van der Waals surface area contributed by atoms with Gasteiger partial charge in [0.1, 0.15) is 0 Å². The molecule has 0 aromatic carbocycles. The van der Waals surface area contributed by atoms with E-state index in [9.17, 15) is 4.79 Å². The zero-order valence-corrected chi connectivity index (χ0v) is 16.4. The first-order valence-corrected chi connectivity index (χ1v) is 9.74. The molecule has 5 heteroatoms. The Morgan fingerprint density at radius 2 is 1.88 bits per heavy atom. The van der Waals surface area contributed by atoms with Crippen molar-refractivity contribution in [2.75, 3.05) is 60.4 Å². The highest BCUT2D eigenvalue weighted by atomic mass is 16.2. The first-order chi connectivity index (χ1) is 11.4. The van der Waals surface area contributed by atoms with Crippen molar-refractivity contribution in [3.8, 4) is 0 Å². The van der Waals surface area contributed by atoms with Crippen molar-refractivity contribution in [1.82, 2.24) is 20.0 Å². The van der Waals surface area contributed by atoms with Crippen molar-refractivity contribution in [2.24, 2.45) is 23.7 Å². The number of carbonyl (C=O) groups is 1. The molecule has 0 bridgehead atoms. The van der Waals surface area contributed by atoms with Crippen LogP contribution in [0.15, 0.2) is 0 Å². The van der Waals surface area contributed by atoms with Crippen molar-refractivity contribution in [1.29, 1.82) is 0 Å². The summed E-state index contributed by atoms with van der Waals surface area (Å²) in [6.45, 7) is 11.3. The average Bonchev–Trinajstić information content (AvgIpc) is 2.95. The van der Waals surface area contributed by atoms with Gasteiger partial charge in [-0.3, -0.25) is 0 Å². The van der Waals surface area contributed by atoms with Gasteiger partial charge in [0.2, 0.25) is 0 Å². The number of hydrogen-bond acceptors (Lipinski definition) is 3. The fourth-order valence-corrected chi connectivity index (χ4v) is 4.46. The number of hydrogen-bond donors (Lipinski definition) is 1. The van der Waals surface area contributed by atoms with E-state index in [0.29, 0.717) is 11.8 Å². The van der Waals surface area contributed by atoms with Crippen LogP contribution in [0.25, 0.3) is 0 Å². The minimum atomic E-state index is 0.0932. The highest BCUT2D eigenvalue weighted by molar-refractivity contribution is 5.74. The van der Waals surface area contributed by atoms with E-state index in [4.69, 9.17) is 0 Å². The Bertz CT molecular complexity index is 391. The number of piperidine rings is 1. The van der Waals surface area contributed by atoms with Gasteiger partial charge in [-0.15, -0.1) is 0 Å². The van der Waals surface area contributed by atoms with Crippen LogP contribution in [0.2, 0.25) is 0 Å². The molecule has 0 unspecified atom stereocenters. The van der Waals surface area contributed by atoms with Gasteiger partial charge in [-0.1, -0.05) is 13.8 Å². The number of nitrogens with zero attached hydrogens (tertiary/aromatic N) is 3. The van der Waals surface area contributed by atoms with Gasteiger partial charge in [0, 0.05) is 26.7 Å². The lowest BCUT2D eigenvalue weighted by Crippen LogP contribution is -2.40. The van der Waals surface area contributed by atoms with E-state index in [1.165, 1.54) is 38.9 Å². The van der Waals surface area contributed by atoms with Crippen LogP contribution >= 0.6 is 0 Å². The fraction of sp³-hybridized carbons (Fsp3) is 0.947. The molecule has 2 rings (SSSR count). The molecule has 0 saturated carbocycles. The first kappa shape index (κ1) is 19.5. The molecule has 0 aromatic heterocycles. The maximum atomic E-state index is 12.1. The van der Waals surface area contributed by atoms with Crippen LogP contribution in [-0.2, 0) is 0 Å². The molecule has 2 heterocycles. The van der Waals surface area contributed by atoms with Crippen LogP contribution in [0.3, 0.4) is 0 Å². The van der Waals surface area contributed by atoms with Crippen molar-refractivity contribution in [2.45, 2.75) is 33.1 Å². The number of rotatable bonds is 6. The van der Waals surface area contributed by atoms with Gasteiger partial charge in [-0.25, -0.2) is 4.79 Å². The number of likely N-dealkylation sites (tertiary alicyclic amines) is 2. The topological polar surface area (TPSA) is 38.8 Å². The van der Waals surface area contributed by atoms with E-state index in [2.05, 4.69) is 43.1 Å². The van der Waals surface area contributed by atoms with Crippen molar-refractivity contribution in [3.63, 3.8) is 0 Å². The number of carbonyl (C=O) groups excluding carboxylic acids is 1. The van der Waals surface area contributed by atoms with E-state index in [1.54, 1.807) is 7.05 Å². The monoisotopic (exact) mass is 338 g/mol. The van der Waals surface area contributed by atoms with Gasteiger partial charge in [-0.2, -0.15) is 0 Å². The van der Waals surface area contributed by atoms with E-state index in [-0.39, 0.29) is 6.03 Å². The summed E-state index contributed by atoms with van der Waals surface area (Å²) in [7, 11) is 6.03. The molecule has 24 heavy (non-hydrogen) atoms. The molecule has 2 atom stereocenters. The molecule has 5 nitrogen and oxygen atoms in total. The van der Waals surface area contributed by atoms with Crippen molar-refractivity contribution >= 4 is 6.03 Å². The number of amides is 2. The third-order valence-electron chi connectivity index (χ3n) is 5.85. The summed E-state index contributed by atoms with van der Waals surface area (Å²) < 4.78 is 0. The van der Waals surface area contributed by atoms with Gasteiger partial charge >= 0.3 is 6.03 Å². The lowest BCUT2D eigenvalue weighted by molar-refractivity contribution is 0.122. The molecule has 140 valence electrons. The van der Waals surface area contributed by atoms with Crippen molar-refractivity contribution in [3.05, 3.63) is 0 Å². The Balaban J connectivity index is 1.90. The third kappa shape index (κ3) is 5.35. The summed E-state index contributed by atoms with van der Waals surface area (Å²) in [5.41, 5.74) is 0. The standard InChI is InChI=1S/C19H38N4O/c1-15(2)6-9-22-10-7-16(8-11-22)18-14-23(19(24)20-3)13-17(18)12-21(4)5/h15-18H,6-14H2,1-5H3,(H,20,24)/t17-,18+/m0/s1. The highest BCUT2D eigenvalue weighted by Crippen LogP contribution is 2.36. The Hall–Kier alpha value is -0.810. The minimum absolute atomic E-state index is 0.0932. The number of nitrogens with one attached hydrogen (secondary N) is 1. The fourth-order valence-electron chi connectivity index (χ4n) is 4.46. The normalized spacial score (nSPS) is 26.5. The molecule has 0 aromatic rings. The van der Waals surface area contributed by atoms with Crippen LogP contribution in [0.1, 0.15) is 33.1 Å². The smallest absolute Gasteiger partial charge is 0.317 e. The van der Waals surface area contributed by atoms with Crippen LogP contribution in [0, 0.1) is 23.7 Å². The molecule has 1 N–H and O–H groups in total. The zero-order chi connectivity index (χ0) is 17.7. The average molecular weight is 339 g/mol. The Morgan fingerprint density at radius 1 is 1.21 bits per heavy atom. The molecular weight excluding hydrogens is 300 g/mol. The summed E-state index contributed by atoms with van der Waals surface area (Å²) in [5.74, 6) is 2.85. The molecular formula is C19H38N4O. The van der Waals surface area contributed by atoms with Crippen molar-refractivity contribution < 1.29 is 4.79 Å². The SMILES string of the molecule is CNC(=O)N1C[C@H](CN(C)C)[C@@H](C2CCN(CCC(C)C)CC2)C1. The van der Waals surface area contributed by atoms with Crippen LogP contribution in [0.5, 0.6) is 0 Å². The van der Waals surface area contributed by atoms with E-state index >= 15 is 0 Å². The molecule has 2 fully saturated rings. The van der Waals surface area contributed by atoms with Gasteiger partial charge in [-0.05, 0) is 76.7 Å². The molecule has 2 aliphatic heterocycles. The second-order valence-electron chi connectivity index (χ2n) is 8.51. The van der Waals surface area contributed by atoms with E-state index in [1.807, 2.05) is 4.90 Å². The molecule has 2 amide bonds. The predicted octanol–water partition coefficient (Wildman–Crippen LogP) is 2.19. The Kier molecular flexibility index (Phi) is 7.35. The molecule has 2 saturated heterocycles. The van der Waals surface area contributed by atoms with Crippen LogP contribution in [0.4, 0.5) is 4.79 Å². The van der Waals surface area contributed by atoms with E-state index < -0.39 is 0 Å². The van der Waals surface area contributed by atoms with Gasteiger partial charge in [0.05, 0.1) is 0 Å². The molecule has 0 radical (unpaired) electrons. The van der Waals surface area contributed by atoms with Crippen LogP contribution in [-0.4, -0.2) is 81.1 Å². The van der Waals surface area contributed by atoms with Gasteiger partial charge < -0.3 is 20.0 Å². The molecule has 2 aliphatic rings. The second kappa shape index (κ2) is 9.04. The maximum Gasteiger partial charge on any atom is 0.317 e. The largest absolute Gasteiger partial charge is 0.341 e. The summed E-state index contributed by atoms with van der Waals surface area (Å²) in [6.07, 6.45) is 3.91. The molecule has 0 spiro atoms. The summed E-state index contributed by atoms with van der Waals surface area (Å²) in [5, 5.41) is 2.80. The van der Waals surface area contributed by atoms with Gasteiger partial charge in [0.25, 0.3) is 0 Å². The minimum Gasteiger partial charge on any atom is -0.341 e. The maximum absolute atomic E-state index is 12.1. The second-order valence-corrected chi connectivity index (χ2v) is 8.51. The Morgan fingerprint density at radius 3 is 2.42 bits per heavy atom. The summed E-state index contributed by atoms with van der Waals surface area (Å²) in [4.78, 5) is 19.0. The first-order valence-electron chi connectivity index (χ1n) is 9.74. The summed E-state index contributed by atoms with van der Waals surface area (Å²) >= 11 is 0. The number of urea groups is 1. The van der Waals surface area contributed by atoms with Crippen LogP contribution < -0.4 is 5.32 Å².